The van der Waals surface area contributed by atoms with E-state index in [9.17, 15) is 9.59 Å². The van der Waals surface area contributed by atoms with Gasteiger partial charge in [0.25, 0.3) is 11.8 Å². The van der Waals surface area contributed by atoms with E-state index in [1.165, 1.54) is 16.2 Å². The van der Waals surface area contributed by atoms with Gasteiger partial charge in [-0.25, -0.2) is 4.98 Å². The quantitative estimate of drug-likeness (QED) is 0.685. The number of hydrogen-bond acceptors (Lipinski definition) is 7. The summed E-state index contributed by atoms with van der Waals surface area (Å²) in [6.45, 7) is 5.03. The van der Waals surface area contributed by atoms with Crippen LogP contribution in [0.5, 0.6) is 5.75 Å². The number of amides is 2. The number of primary amides is 1. The van der Waals surface area contributed by atoms with Gasteiger partial charge in [-0.3, -0.25) is 9.59 Å². The summed E-state index contributed by atoms with van der Waals surface area (Å²) in [6.07, 6.45) is 5.01. The Kier molecular flexibility index (Phi) is 8.56. The number of aliphatic hydroxyl groups excluding tert-OH is 1. The highest BCUT2D eigenvalue weighted by Crippen LogP contribution is 2.42. The second-order valence-corrected chi connectivity index (χ2v) is 7.58. The van der Waals surface area contributed by atoms with E-state index in [2.05, 4.69) is 10.9 Å². The normalized spacial score (nSPS) is 18.7. The Balaban J connectivity index is 0.000000286. The Morgan fingerprint density at radius 3 is 2.65 bits per heavy atom. The highest BCUT2D eigenvalue weighted by Gasteiger charge is 2.29. The largest absolute Gasteiger partial charge is 0.490 e. The van der Waals surface area contributed by atoms with E-state index >= 15 is 0 Å². The number of nitrogens with two attached hydrogens (primary N) is 1. The minimum absolute atomic E-state index is 0.148. The van der Waals surface area contributed by atoms with Crippen molar-refractivity contribution >= 4 is 23.2 Å². The van der Waals surface area contributed by atoms with E-state index in [-0.39, 0.29) is 17.0 Å². The molecule has 4 rings (SSSR count). The van der Waals surface area contributed by atoms with Crippen LogP contribution in [0.25, 0.3) is 11.3 Å². The van der Waals surface area contributed by atoms with Gasteiger partial charge in [0.2, 0.25) is 0 Å². The Morgan fingerprint density at radius 2 is 2.16 bits per heavy atom. The molecule has 2 amide bonds. The van der Waals surface area contributed by atoms with Crippen molar-refractivity contribution in [3.8, 4) is 29.4 Å². The first-order valence-corrected chi connectivity index (χ1v) is 10.7. The molecule has 2 unspecified atom stereocenters. The highest BCUT2D eigenvalue weighted by molar-refractivity contribution is 7.14. The number of ether oxygens (including phenoxy) is 2. The molecule has 2 aliphatic heterocycles. The van der Waals surface area contributed by atoms with E-state index < -0.39 is 12.0 Å². The third-order valence-electron chi connectivity index (χ3n) is 4.63. The van der Waals surface area contributed by atoms with Crippen molar-refractivity contribution in [1.29, 1.82) is 0 Å². The smallest absolute Gasteiger partial charge is 0.277 e. The molecule has 9 heteroatoms. The van der Waals surface area contributed by atoms with Crippen molar-refractivity contribution in [2.45, 2.75) is 32.5 Å². The van der Waals surface area contributed by atoms with Gasteiger partial charge >= 0.3 is 0 Å². The number of terminal acetylenes is 1. The Morgan fingerprint density at radius 1 is 1.45 bits per heavy atom. The lowest BCUT2D eigenvalue weighted by Gasteiger charge is -2.11. The first-order valence-electron chi connectivity index (χ1n) is 9.85. The highest BCUT2D eigenvalue weighted by atomic mass is 32.1. The molecule has 166 valence electrons. The van der Waals surface area contributed by atoms with Crippen LogP contribution in [0.4, 0.5) is 0 Å². The van der Waals surface area contributed by atoms with Gasteiger partial charge in [-0.2, -0.15) is 0 Å². The third-order valence-corrected chi connectivity index (χ3v) is 5.79. The van der Waals surface area contributed by atoms with Crippen LogP contribution in [0.2, 0.25) is 0 Å². The van der Waals surface area contributed by atoms with Crippen LogP contribution in [0.1, 0.15) is 46.6 Å². The maximum atomic E-state index is 11.4. The van der Waals surface area contributed by atoms with Crippen LogP contribution in [0, 0.1) is 12.3 Å². The van der Waals surface area contributed by atoms with E-state index in [1.54, 1.807) is 26.3 Å². The number of carbonyl (C=O) groups excluding carboxylic acids is 2. The molecule has 8 nitrogen and oxygen atoms in total. The molecule has 2 atom stereocenters. The molecule has 0 bridgehead atoms. The molecule has 0 saturated carbocycles. The number of methoxy groups -OCH3 is 1. The van der Waals surface area contributed by atoms with Crippen LogP contribution in [0.15, 0.2) is 18.2 Å². The Hall–Kier alpha value is -2.93. The summed E-state index contributed by atoms with van der Waals surface area (Å²) in [5.41, 5.74) is 7.45. The molecule has 2 aromatic rings. The summed E-state index contributed by atoms with van der Waals surface area (Å²) in [5, 5.41) is 9.03. The first kappa shape index (κ1) is 24.3. The number of rotatable bonds is 2. The summed E-state index contributed by atoms with van der Waals surface area (Å²) >= 11 is 1.22. The summed E-state index contributed by atoms with van der Waals surface area (Å²) < 4.78 is 11.2. The number of nitrogens with zero attached hydrogens (tertiary/aromatic N) is 2. The average Bonchev–Trinajstić information content (AvgIpc) is 3.31. The number of aliphatic hydroxyl groups is 1. The predicted octanol–water partition coefficient (Wildman–Crippen LogP) is 2.21. The number of carbonyl (C=O) groups is 2. The zero-order valence-electron chi connectivity index (χ0n) is 18.0. The lowest BCUT2D eigenvalue weighted by Crippen LogP contribution is -2.24. The zero-order chi connectivity index (χ0) is 23.1. The van der Waals surface area contributed by atoms with Gasteiger partial charge in [-0.15, -0.1) is 17.8 Å². The number of aromatic nitrogens is 1. The monoisotopic (exact) mass is 445 g/mol. The van der Waals surface area contributed by atoms with Gasteiger partial charge in [-0.05, 0) is 24.6 Å². The lowest BCUT2D eigenvalue weighted by molar-refractivity contribution is -0.133. The summed E-state index contributed by atoms with van der Waals surface area (Å²) in [5.74, 6) is 2.54. The fourth-order valence-corrected chi connectivity index (χ4v) is 3.99. The minimum Gasteiger partial charge on any atom is -0.490 e. The third kappa shape index (κ3) is 5.41. The van der Waals surface area contributed by atoms with Gasteiger partial charge in [0, 0.05) is 31.8 Å². The average molecular weight is 446 g/mol. The van der Waals surface area contributed by atoms with Crippen molar-refractivity contribution in [2.24, 2.45) is 5.73 Å². The molecule has 1 aromatic carbocycles. The van der Waals surface area contributed by atoms with Gasteiger partial charge in [0.05, 0.1) is 10.6 Å². The Labute approximate surface area is 186 Å². The molecule has 3 heterocycles. The number of benzene rings is 1. The first-order chi connectivity index (χ1) is 14.8. The second kappa shape index (κ2) is 10.9. The number of thiazole rings is 1. The van der Waals surface area contributed by atoms with Crippen molar-refractivity contribution in [2.75, 3.05) is 27.3 Å². The SMILES string of the molecule is C#Cc1ccc2c(c1)-c1nc(C(N)=O)sc1C(OC)CO2.CC.CN1CCC(O)C1=O. The van der Waals surface area contributed by atoms with Gasteiger partial charge < -0.3 is 25.2 Å². The van der Waals surface area contributed by atoms with E-state index in [0.717, 1.165) is 10.4 Å². The van der Waals surface area contributed by atoms with Crippen molar-refractivity contribution in [3.05, 3.63) is 33.6 Å². The molecule has 3 N–H and O–H groups in total. The van der Waals surface area contributed by atoms with Crippen LogP contribution >= 0.6 is 11.3 Å². The van der Waals surface area contributed by atoms with Crippen LogP contribution in [0.3, 0.4) is 0 Å². The summed E-state index contributed by atoms with van der Waals surface area (Å²) in [7, 11) is 3.28. The molecule has 1 saturated heterocycles. The number of likely N-dealkylation sites (tertiary alicyclic amines) is 1. The molecular formula is C22H27N3O5S. The predicted molar refractivity (Wildman–Crippen MR) is 119 cm³/mol. The molecule has 0 aliphatic carbocycles. The molecule has 1 fully saturated rings. The van der Waals surface area contributed by atoms with E-state index in [1.807, 2.05) is 19.9 Å². The molecular weight excluding hydrogens is 418 g/mol. The molecule has 0 radical (unpaired) electrons. The lowest BCUT2D eigenvalue weighted by atomic mass is 10.1. The topological polar surface area (TPSA) is 115 Å². The fraction of sp³-hybridized carbons (Fsp3) is 0.409. The van der Waals surface area contributed by atoms with Crippen molar-refractivity contribution < 1.29 is 24.2 Å². The minimum atomic E-state index is -0.722. The maximum absolute atomic E-state index is 11.4. The molecule has 2 aliphatic rings. The van der Waals surface area contributed by atoms with E-state index in [0.29, 0.717) is 36.6 Å². The summed E-state index contributed by atoms with van der Waals surface area (Å²) in [4.78, 5) is 28.7. The van der Waals surface area contributed by atoms with Gasteiger partial charge in [0.1, 0.15) is 24.6 Å². The molecule has 1 aromatic heterocycles. The standard InChI is InChI=1S/C15H12N2O3S.C5H9NO2.C2H6/c1-3-8-4-5-10-9(6-8)12-13(11(19-2)7-20-10)21-15(17-12)14(16)18;1-6-3-2-4(7)5(6)8;1-2/h1,4-6,11H,7H2,2H3,(H2,16,18);4,7H,2-3H2,1H3;1-2H3. The number of hydrogen-bond donors (Lipinski definition) is 2. The van der Waals surface area contributed by atoms with Gasteiger partial charge in [0.15, 0.2) is 5.01 Å². The van der Waals surface area contributed by atoms with Crippen LogP contribution < -0.4 is 10.5 Å². The maximum Gasteiger partial charge on any atom is 0.277 e. The Bertz CT molecular complexity index is 970. The van der Waals surface area contributed by atoms with Gasteiger partial charge in [-0.1, -0.05) is 19.8 Å². The summed E-state index contributed by atoms with van der Waals surface area (Å²) in [6, 6.07) is 5.42. The fourth-order valence-electron chi connectivity index (χ4n) is 3.00. The molecule has 31 heavy (non-hydrogen) atoms. The second-order valence-electron chi connectivity index (χ2n) is 6.55. The van der Waals surface area contributed by atoms with Crippen LogP contribution in [-0.2, 0) is 9.53 Å². The van der Waals surface area contributed by atoms with Crippen molar-refractivity contribution in [1.82, 2.24) is 9.88 Å². The number of likely N-dealkylation sites (N-methyl/N-ethyl adjacent to an activating group) is 1. The van der Waals surface area contributed by atoms with Crippen LogP contribution in [-0.4, -0.2) is 60.2 Å². The van der Waals surface area contributed by atoms with E-state index in [4.69, 9.17) is 26.7 Å². The molecule has 0 spiro atoms. The van der Waals surface area contributed by atoms with Crippen molar-refractivity contribution in [3.63, 3.8) is 0 Å². The number of fused-ring (bicyclic) bond motifs is 3. The zero-order valence-corrected chi connectivity index (χ0v) is 18.9.